The van der Waals surface area contributed by atoms with Crippen molar-refractivity contribution in [2.24, 2.45) is 0 Å². The SMILES string of the molecule is O=C(NCc1ccco1)C1CCCN1CC(=O)N1CCOCC1. The number of nitrogens with one attached hydrogen (secondary N) is 1. The van der Waals surface area contributed by atoms with Crippen LogP contribution >= 0.6 is 0 Å². The van der Waals surface area contributed by atoms with Crippen LogP contribution in [0.1, 0.15) is 18.6 Å². The van der Waals surface area contributed by atoms with Crippen LogP contribution in [0.3, 0.4) is 0 Å². The number of rotatable bonds is 5. The average Bonchev–Trinajstić information content (AvgIpc) is 3.25. The fourth-order valence-corrected chi connectivity index (χ4v) is 3.10. The molecule has 1 unspecified atom stereocenters. The first-order valence-electron chi connectivity index (χ1n) is 8.14. The van der Waals surface area contributed by atoms with E-state index in [1.54, 1.807) is 12.3 Å². The Balaban J connectivity index is 1.50. The number of furan rings is 1. The van der Waals surface area contributed by atoms with Crippen LogP contribution in [0.2, 0.25) is 0 Å². The van der Waals surface area contributed by atoms with Gasteiger partial charge in [-0.15, -0.1) is 0 Å². The highest BCUT2D eigenvalue weighted by Gasteiger charge is 2.33. The third-order valence-electron chi connectivity index (χ3n) is 4.39. The number of nitrogens with zero attached hydrogens (tertiary/aromatic N) is 2. The Bertz CT molecular complexity index is 525. The summed E-state index contributed by atoms with van der Waals surface area (Å²) in [4.78, 5) is 28.5. The Labute approximate surface area is 135 Å². The van der Waals surface area contributed by atoms with E-state index in [4.69, 9.17) is 9.15 Å². The van der Waals surface area contributed by atoms with E-state index in [2.05, 4.69) is 5.32 Å². The number of hydrogen-bond donors (Lipinski definition) is 1. The molecule has 3 rings (SSSR count). The summed E-state index contributed by atoms with van der Waals surface area (Å²) in [5.74, 6) is 0.778. The van der Waals surface area contributed by atoms with Crippen molar-refractivity contribution >= 4 is 11.8 Å². The first-order valence-corrected chi connectivity index (χ1v) is 8.14. The topological polar surface area (TPSA) is 75.0 Å². The normalized spacial score (nSPS) is 22.3. The maximum absolute atomic E-state index is 12.4. The minimum Gasteiger partial charge on any atom is -0.467 e. The molecule has 1 aromatic rings. The molecule has 0 aliphatic carbocycles. The molecule has 7 heteroatoms. The van der Waals surface area contributed by atoms with Crippen LogP contribution in [0.25, 0.3) is 0 Å². The maximum atomic E-state index is 12.4. The Hall–Kier alpha value is -1.86. The van der Waals surface area contributed by atoms with Crippen LogP contribution in [0, 0.1) is 0 Å². The summed E-state index contributed by atoms with van der Waals surface area (Å²) in [6.45, 7) is 3.95. The van der Waals surface area contributed by atoms with E-state index in [1.807, 2.05) is 15.9 Å². The van der Waals surface area contributed by atoms with E-state index >= 15 is 0 Å². The van der Waals surface area contributed by atoms with E-state index < -0.39 is 0 Å². The molecule has 0 radical (unpaired) electrons. The number of likely N-dealkylation sites (tertiary alicyclic amines) is 1. The van der Waals surface area contributed by atoms with Crippen molar-refractivity contribution in [1.29, 1.82) is 0 Å². The molecule has 3 heterocycles. The third-order valence-corrected chi connectivity index (χ3v) is 4.39. The van der Waals surface area contributed by atoms with Gasteiger partial charge in [-0.2, -0.15) is 0 Å². The molecule has 0 spiro atoms. The quantitative estimate of drug-likeness (QED) is 0.840. The van der Waals surface area contributed by atoms with Gasteiger partial charge in [0.2, 0.25) is 11.8 Å². The predicted molar refractivity (Wildman–Crippen MR) is 82.5 cm³/mol. The lowest BCUT2D eigenvalue weighted by Gasteiger charge is -2.30. The minimum atomic E-state index is -0.227. The summed E-state index contributed by atoms with van der Waals surface area (Å²) >= 11 is 0. The van der Waals surface area contributed by atoms with Crippen LogP contribution in [0.15, 0.2) is 22.8 Å². The molecule has 1 aromatic heterocycles. The van der Waals surface area contributed by atoms with Crippen LogP contribution in [0.4, 0.5) is 0 Å². The van der Waals surface area contributed by atoms with Crippen molar-refractivity contribution in [3.8, 4) is 0 Å². The molecular weight excluding hydrogens is 298 g/mol. The number of ether oxygens (including phenoxy) is 1. The molecule has 2 saturated heterocycles. The second kappa shape index (κ2) is 7.61. The molecule has 0 aromatic carbocycles. The molecular formula is C16H23N3O4. The van der Waals surface area contributed by atoms with Crippen molar-refractivity contribution in [1.82, 2.24) is 15.1 Å². The van der Waals surface area contributed by atoms with Gasteiger partial charge in [0.25, 0.3) is 0 Å². The number of hydrogen-bond acceptors (Lipinski definition) is 5. The average molecular weight is 321 g/mol. The van der Waals surface area contributed by atoms with E-state index in [9.17, 15) is 9.59 Å². The smallest absolute Gasteiger partial charge is 0.237 e. The summed E-state index contributed by atoms with van der Waals surface area (Å²) < 4.78 is 10.5. The van der Waals surface area contributed by atoms with E-state index in [-0.39, 0.29) is 17.9 Å². The van der Waals surface area contributed by atoms with E-state index in [0.717, 1.165) is 25.1 Å². The second-order valence-corrected chi connectivity index (χ2v) is 5.92. The summed E-state index contributed by atoms with van der Waals surface area (Å²) in [5, 5.41) is 2.89. The zero-order chi connectivity index (χ0) is 16.1. The molecule has 2 fully saturated rings. The van der Waals surface area contributed by atoms with E-state index in [1.165, 1.54) is 0 Å². The van der Waals surface area contributed by atoms with Crippen LogP contribution in [0.5, 0.6) is 0 Å². The van der Waals surface area contributed by atoms with Gasteiger partial charge in [0.15, 0.2) is 0 Å². The van der Waals surface area contributed by atoms with Gasteiger partial charge in [-0.25, -0.2) is 0 Å². The lowest BCUT2D eigenvalue weighted by Crippen LogP contribution is -2.49. The lowest BCUT2D eigenvalue weighted by atomic mass is 10.2. The molecule has 2 amide bonds. The highest BCUT2D eigenvalue weighted by atomic mass is 16.5. The van der Waals surface area contributed by atoms with Gasteiger partial charge in [0.1, 0.15) is 5.76 Å². The number of carbonyl (C=O) groups is 2. The Morgan fingerprint density at radius 2 is 2.09 bits per heavy atom. The van der Waals surface area contributed by atoms with Crippen molar-refractivity contribution in [2.75, 3.05) is 39.4 Å². The molecule has 0 saturated carbocycles. The fourth-order valence-electron chi connectivity index (χ4n) is 3.10. The van der Waals surface area contributed by atoms with Crippen molar-refractivity contribution in [3.05, 3.63) is 24.2 Å². The van der Waals surface area contributed by atoms with Gasteiger partial charge in [-0.1, -0.05) is 0 Å². The Kier molecular flexibility index (Phi) is 5.30. The van der Waals surface area contributed by atoms with Crippen LogP contribution < -0.4 is 5.32 Å². The summed E-state index contributed by atoms with van der Waals surface area (Å²) in [6.07, 6.45) is 3.32. The highest BCUT2D eigenvalue weighted by molar-refractivity contribution is 5.84. The molecule has 0 bridgehead atoms. The number of carbonyl (C=O) groups excluding carboxylic acids is 2. The Morgan fingerprint density at radius 3 is 2.83 bits per heavy atom. The van der Waals surface area contributed by atoms with Crippen LogP contribution in [-0.2, 0) is 20.9 Å². The van der Waals surface area contributed by atoms with Gasteiger partial charge in [-0.05, 0) is 31.5 Å². The maximum Gasteiger partial charge on any atom is 0.237 e. The van der Waals surface area contributed by atoms with Gasteiger partial charge >= 0.3 is 0 Å². The third kappa shape index (κ3) is 4.11. The summed E-state index contributed by atoms with van der Waals surface area (Å²) in [6, 6.07) is 3.40. The van der Waals surface area contributed by atoms with Crippen molar-refractivity contribution in [3.63, 3.8) is 0 Å². The highest BCUT2D eigenvalue weighted by Crippen LogP contribution is 2.18. The standard InChI is InChI=1S/C16H23N3O4/c20-15(18-6-9-22-10-7-18)12-19-5-1-4-14(19)16(21)17-11-13-3-2-8-23-13/h2-3,8,14H,1,4-7,9-12H2,(H,17,21). The Morgan fingerprint density at radius 1 is 1.26 bits per heavy atom. The number of amides is 2. The monoisotopic (exact) mass is 321 g/mol. The molecule has 126 valence electrons. The van der Waals surface area contributed by atoms with Gasteiger partial charge in [0, 0.05) is 13.1 Å². The first kappa shape index (κ1) is 16.0. The zero-order valence-corrected chi connectivity index (χ0v) is 13.2. The molecule has 1 atom stereocenters. The van der Waals surface area contributed by atoms with Crippen molar-refractivity contribution < 1.29 is 18.7 Å². The minimum absolute atomic E-state index is 0.0336. The van der Waals surface area contributed by atoms with Gasteiger partial charge < -0.3 is 19.4 Å². The molecule has 1 N–H and O–H groups in total. The van der Waals surface area contributed by atoms with Gasteiger partial charge in [-0.3, -0.25) is 14.5 Å². The van der Waals surface area contributed by atoms with Gasteiger partial charge in [0.05, 0.1) is 38.6 Å². The molecule has 2 aliphatic rings. The number of morpholine rings is 1. The fraction of sp³-hybridized carbons (Fsp3) is 0.625. The zero-order valence-electron chi connectivity index (χ0n) is 13.2. The second-order valence-electron chi connectivity index (χ2n) is 5.92. The first-order chi connectivity index (χ1) is 11.2. The molecule has 2 aliphatic heterocycles. The van der Waals surface area contributed by atoms with E-state index in [0.29, 0.717) is 39.4 Å². The lowest BCUT2D eigenvalue weighted by molar-refractivity contribution is -0.137. The van der Waals surface area contributed by atoms with Crippen LogP contribution in [-0.4, -0.2) is 67.0 Å². The van der Waals surface area contributed by atoms with Crippen molar-refractivity contribution in [2.45, 2.75) is 25.4 Å². The summed E-state index contributed by atoms with van der Waals surface area (Å²) in [7, 11) is 0. The largest absolute Gasteiger partial charge is 0.467 e. The molecule has 7 nitrogen and oxygen atoms in total. The summed E-state index contributed by atoms with van der Waals surface area (Å²) in [5.41, 5.74) is 0. The molecule has 23 heavy (non-hydrogen) atoms. The predicted octanol–water partition coefficient (Wildman–Crippen LogP) is 0.219.